The van der Waals surface area contributed by atoms with E-state index in [0.717, 1.165) is 45.9 Å². The number of rotatable bonds is 4. The molecule has 0 fully saturated rings. The van der Waals surface area contributed by atoms with Gasteiger partial charge in [-0.1, -0.05) is 0 Å². The number of hydrogen-bond acceptors (Lipinski definition) is 1. The molecule has 0 aliphatic carbocycles. The first-order valence-electron chi connectivity index (χ1n) is 5.73. The minimum atomic E-state index is 0.845. The Morgan fingerprint density at radius 2 is 1.82 bits per heavy atom. The molecular formula is C15H13NaO. The fourth-order valence-corrected chi connectivity index (χ4v) is 2.40. The van der Waals surface area contributed by atoms with E-state index in [0.29, 0.717) is 0 Å². The van der Waals surface area contributed by atoms with Gasteiger partial charge in [0.25, 0.3) is 0 Å². The quantitative estimate of drug-likeness (QED) is 0.581. The summed E-state index contributed by atoms with van der Waals surface area (Å²) in [6, 6.07) is 16.2. The molecule has 0 atom stereocenters. The van der Waals surface area contributed by atoms with Crippen molar-refractivity contribution in [2.24, 2.45) is 0 Å². The minimum absolute atomic E-state index is 0.845. The number of hydrogen-bond donors (Lipinski definition) is 0. The van der Waals surface area contributed by atoms with E-state index in [9.17, 15) is 0 Å². The summed E-state index contributed by atoms with van der Waals surface area (Å²) in [6.45, 7) is 3.79. The first-order chi connectivity index (χ1) is 8.31. The van der Waals surface area contributed by atoms with Gasteiger partial charge in [0.15, 0.2) is 0 Å². The Hall–Kier alpha value is -1.02. The van der Waals surface area contributed by atoms with Gasteiger partial charge in [-0.05, 0) is 0 Å². The van der Waals surface area contributed by atoms with Gasteiger partial charge in [-0.15, -0.1) is 0 Å². The van der Waals surface area contributed by atoms with E-state index in [2.05, 4.69) is 24.8 Å². The normalized spacial score (nSPS) is 10.0. The van der Waals surface area contributed by atoms with Crippen LogP contribution in [0.15, 0.2) is 61.2 Å². The molecule has 0 bridgehead atoms. The van der Waals surface area contributed by atoms with Crippen molar-refractivity contribution in [3.05, 3.63) is 66.7 Å². The summed E-state index contributed by atoms with van der Waals surface area (Å²) >= 11 is 0.983. The van der Waals surface area contributed by atoms with E-state index in [1.165, 1.54) is 8.38 Å². The van der Waals surface area contributed by atoms with Crippen molar-refractivity contribution in [3.63, 3.8) is 0 Å². The molecule has 0 aliphatic heterocycles. The topological polar surface area (TPSA) is 9.23 Å². The summed E-state index contributed by atoms with van der Waals surface area (Å²) in [5, 5.41) is 0. The van der Waals surface area contributed by atoms with Gasteiger partial charge >= 0.3 is 120 Å². The zero-order valence-electron chi connectivity index (χ0n) is 10.0. The van der Waals surface area contributed by atoms with Gasteiger partial charge in [-0.25, -0.2) is 0 Å². The van der Waals surface area contributed by atoms with Crippen LogP contribution in [-0.4, -0.2) is 27.9 Å². The standard InChI is InChI=1S/C15H13O.Na/c1-2-8-13-9-6-7-12-15(13)16-14-10-4-3-5-11-14;/h2-7,9-11H,1,8H2;. The second-order valence-electron chi connectivity index (χ2n) is 3.97. The van der Waals surface area contributed by atoms with E-state index in [1.807, 2.05) is 36.4 Å². The molecule has 0 spiro atoms. The molecule has 2 heteroatoms. The van der Waals surface area contributed by atoms with Crippen LogP contribution >= 0.6 is 0 Å². The van der Waals surface area contributed by atoms with Gasteiger partial charge in [0.05, 0.1) is 0 Å². The predicted octanol–water partition coefficient (Wildman–Crippen LogP) is 3.00. The maximum atomic E-state index is 5.98. The van der Waals surface area contributed by atoms with Crippen molar-refractivity contribution in [2.75, 3.05) is 0 Å². The number of allylic oxidation sites excluding steroid dienone is 1. The second kappa shape index (κ2) is 6.06. The van der Waals surface area contributed by atoms with E-state index < -0.39 is 0 Å². The molecule has 80 valence electrons. The number of para-hydroxylation sites is 2. The summed E-state index contributed by atoms with van der Waals surface area (Å²) in [7, 11) is 0. The molecule has 0 unspecified atom stereocenters. The third-order valence-electron chi connectivity index (χ3n) is 2.62. The zero-order valence-corrected chi connectivity index (χ0v) is 12.0. The van der Waals surface area contributed by atoms with Crippen LogP contribution in [0.2, 0.25) is 0 Å². The van der Waals surface area contributed by atoms with Crippen molar-refractivity contribution in [3.8, 4) is 11.5 Å². The molecule has 17 heavy (non-hydrogen) atoms. The average Bonchev–Trinajstić information content (AvgIpc) is 2.35. The summed E-state index contributed by atoms with van der Waals surface area (Å²) in [5.41, 5.74) is 1.20. The van der Waals surface area contributed by atoms with Gasteiger partial charge in [-0.2, -0.15) is 0 Å². The monoisotopic (exact) mass is 232 g/mol. The van der Waals surface area contributed by atoms with E-state index in [1.54, 1.807) is 0 Å². The van der Waals surface area contributed by atoms with Crippen LogP contribution in [0.5, 0.6) is 11.5 Å². The van der Waals surface area contributed by atoms with Gasteiger partial charge in [-0.3, -0.25) is 0 Å². The summed E-state index contributed by atoms with van der Waals surface area (Å²) in [5.74, 6) is 1.89. The fraction of sp³-hybridized carbons (Fsp3) is 0.0667. The van der Waals surface area contributed by atoms with Crippen LogP contribution in [0.3, 0.4) is 0 Å². The van der Waals surface area contributed by atoms with Gasteiger partial charge in [0, 0.05) is 0 Å². The molecule has 2 aromatic carbocycles. The van der Waals surface area contributed by atoms with Crippen molar-refractivity contribution in [1.29, 1.82) is 0 Å². The first-order valence-corrected chi connectivity index (χ1v) is 6.73. The van der Waals surface area contributed by atoms with Gasteiger partial charge in [0.2, 0.25) is 0 Å². The molecule has 0 radical (unpaired) electrons. The third kappa shape index (κ3) is 3.22. The van der Waals surface area contributed by atoms with E-state index >= 15 is 0 Å². The van der Waals surface area contributed by atoms with Crippen LogP contribution in [0.25, 0.3) is 0 Å². The summed E-state index contributed by atoms with van der Waals surface area (Å²) in [6.07, 6.45) is 2.76. The Labute approximate surface area is 120 Å². The molecule has 0 saturated carbocycles. The summed E-state index contributed by atoms with van der Waals surface area (Å²) in [4.78, 5) is 0. The number of ether oxygens (including phenoxy) is 1. The van der Waals surface area contributed by atoms with Gasteiger partial charge in [0.1, 0.15) is 0 Å². The predicted molar refractivity (Wildman–Crippen MR) is 72.2 cm³/mol. The molecule has 0 N–H and O–H groups in total. The van der Waals surface area contributed by atoms with Gasteiger partial charge < -0.3 is 0 Å². The van der Waals surface area contributed by atoms with Crippen molar-refractivity contribution < 1.29 is 4.74 Å². The van der Waals surface area contributed by atoms with Crippen LogP contribution in [0, 0.1) is 0 Å². The molecule has 0 amide bonds. The van der Waals surface area contributed by atoms with E-state index in [4.69, 9.17) is 4.74 Å². The van der Waals surface area contributed by atoms with Crippen LogP contribution < -0.4 is 7.55 Å². The molecule has 1 nitrogen and oxygen atoms in total. The van der Waals surface area contributed by atoms with Crippen molar-refractivity contribution in [2.45, 2.75) is 6.42 Å². The number of benzene rings is 2. The first kappa shape index (κ1) is 12.4. The average molecular weight is 232 g/mol. The Balaban J connectivity index is 2.34. The van der Waals surface area contributed by atoms with Crippen LogP contribution in [-0.2, 0) is 6.42 Å². The fourth-order valence-electron chi connectivity index (χ4n) is 1.78. The maximum absolute atomic E-state index is 5.98. The Morgan fingerprint density at radius 3 is 2.53 bits per heavy atom. The molecule has 0 aromatic heterocycles. The Kier molecular flexibility index (Phi) is 4.43. The Bertz CT molecular complexity index is 506. The molecular weight excluding hydrogens is 219 g/mol. The van der Waals surface area contributed by atoms with E-state index in [-0.39, 0.29) is 0 Å². The Morgan fingerprint density at radius 1 is 1.06 bits per heavy atom. The molecule has 0 aliphatic rings. The molecule has 2 rings (SSSR count). The van der Waals surface area contributed by atoms with Crippen LogP contribution in [0.4, 0.5) is 0 Å². The summed E-state index contributed by atoms with van der Waals surface area (Å²) < 4.78 is 7.27. The molecule has 2 aromatic rings. The van der Waals surface area contributed by atoms with Crippen LogP contribution in [0.1, 0.15) is 5.56 Å². The van der Waals surface area contributed by atoms with Crippen molar-refractivity contribution in [1.82, 2.24) is 0 Å². The molecule has 0 heterocycles. The third-order valence-corrected chi connectivity index (χ3v) is 3.41. The SMILES string of the molecule is C=CCc1ccc[c]([Na])c1Oc1ccccc1. The zero-order chi connectivity index (χ0) is 12.1. The second-order valence-corrected chi connectivity index (χ2v) is 5.05. The molecule has 0 saturated heterocycles. The van der Waals surface area contributed by atoms with Crippen molar-refractivity contribution >= 4 is 30.7 Å².